The van der Waals surface area contributed by atoms with Crippen molar-refractivity contribution in [3.63, 3.8) is 0 Å². The lowest BCUT2D eigenvalue weighted by Crippen LogP contribution is -2.39. The fraction of sp³-hybridized carbons (Fsp3) is 0.125. The van der Waals surface area contributed by atoms with Gasteiger partial charge in [-0.15, -0.1) is 0 Å². The fourth-order valence-corrected chi connectivity index (χ4v) is 1.73. The molecular formula is C16H17N3O3. The number of amides is 3. The predicted octanol–water partition coefficient (Wildman–Crippen LogP) is 1.76. The van der Waals surface area contributed by atoms with E-state index >= 15 is 0 Å². The van der Waals surface area contributed by atoms with Crippen molar-refractivity contribution in [3.8, 4) is 11.5 Å². The molecule has 6 nitrogen and oxygen atoms in total. The first-order chi connectivity index (χ1) is 10.6. The monoisotopic (exact) mass is 299 g/mol. The Morgan fingerprint density at radius 3 is 2.18 bits per heavy atom. The molecule has 2 aromatic carbocycles. The van der Waals surface area contributed by atoms with E-state index in [0.29, 0.717) is 6.54 Å². The highest BCUT2D eigenvalue weighted by molar-refractivity contribution is 5.83. The largest absolute Gasteiger partial charge is 0.457 e. The van der Waals surface area contributed by atoms with Crippen LogP contribution in [-0.4, -0.2) is 18.5 Å². The smallest absolute Gasteiger partial charge is 0.312 e. The second kappa shape index (κ2) is 7.68. The number of carbonyl (C=O) groups excluding carboxylic acids is 2. The second-order valence-electron chi connectivity index (χ2n) is 4.55. The number of hydrogen-bond acceptors (Lipinski definition) is 3. The molecule has 2 rings (SSSR count). The molecule has 0 aliphatic carbocycles. The third kappa shape index (κ3) is 5.16. The van der Waals surface area contributed by atoms with E-state index in [4.69, 9.17) is 10.5 Å². The van der Waals surface area contributed by atoms with Crippen LogP contribution < -0.4 is 21.1 Å². The number of nitrogens with two attached hydrogens (primary N) is 1. The minimum atomic E-state index is -0.724. The van der Waals surface area contributed by atoms with Crippen LogP contribution in [0, 0.1) is 0 Å². The molecule has 22 heavy (non-hydrogen) atoms. The van der Waals surface area contributed by atoms with E-state index in [1.54, 1.807) is 0 Å². The van der Waals surface area contributed by atoms with E-state index in [2.05, 4.69) is 10.6 Å². The van der Waals surface area contributed by atoms with E-state index in [1.807, 2.05) is 54.6 Å². The normalized spacial score (nSPS) is 9.82. The average Bonchev–Trinajstić information content (AvgIpc) is 2.53. The maximum atomic E-state index is 11.4. The van der Waals surface area contributed by atoms with Crippen LogP contribution >= 0.6 is 0 Å². The molecule has 6 heteroatoms. The molecule has 0 saturated heterocycles. The summed E-state index contributed by atoms with van der Waals surface area (Å²) in [7, 11) is 0. The van der Waals surface area contributed by atoms with Gasteiger partial charge in [0.1, 0.15) is 11.5 Å². The van der Waals surface area contributed by atoms with Gasteiger partial charge in [-0.1, -0.05) is 30.3 Å². The molecule has 0 fully saturated rings. The van der Waals surface area contributed by atoms with Crippen molar-refractivity contribution in [2.45, 2.75) is 6.54 Å². The first kappa shape index (κ1) is 15.4. The van der Waals surface area contributed by atoms with Gasteiger partial charge in [0.2, 0.25) is 5.91 Å². The SMILES string of the molecule is NC(=O)NCC(=O)NCc1ccc(Oc2ccccc2)cc1. The summed E-state index contributed by atoms with van der Waals surface area (Å²) >= 11 is 0. The number of nitrogens with one attached hydrogen (secondary N) is 2. The highest BCUT2D eigenvalue weighted by Gasteiger charge is 2.03. The maximum absolute atomic E-state index is 11.4. The third-order valence-electron chi connectivity index (χ3n) is 2.82. The molecule has 0 saturated carbocycles. The van der Waals surface area contributed by atoms with Gasteiger partial charge in [0.25, 0.3) is 0 Å². The van der Waals surface area contributed by atoms with Crippen molar-refractivity contribution in [2.75, 3.05) is 6.54 Å². The molecule has 114 valence electrons. The van der Waals surface area contributed by atoms with Crippen molar-refractivity contribution >= 4 is 11.9 Å². The average molecular weight is 299 g/mol. The third-order valence-corrected chi connectivity index (χ3v) is 2.82. The molecule has 0 aliphatic rings. The van der Waals surface area contributed by atoms with Gasteiger partial charge in [0, 0.05) is 6.54 Å². The van der Waals surface area contributed by atoms with E-state index in [-0.39, 0.29) is 12.5 Å². The van der Waals surface area contributed by atoms with Crippen molar-refractivity contribution in [3.05, 3.63) is 60.2 Å². The molecule has 2 aromatic rings. The van der Waals surface area contributed by atoms with Gasteiger partial charge in [-0.2, -0.15) is 0 Å². The number of para-hydroxylation sites is 1. The molecule has 0 atom stereocenters. The van der Waals surface area contributed by atoms with E-state index in [1.165, 1.54) is 0 Å². The Kier molecular flexibility index (Phi) is 5.37. The molecule has 0 heterocycles. The Morgan fingerprint density at radius 1 is 0.909 bits per heavy atom. The van der Waals surface area contributed by atoms with Crippen LogP contribution in [0.4, 0.5) is 4.79 Å². The van der Waals surface area contributed by atoms with Gasteiger partial charge in [-0.3, -0.25) is 4.79 Å². The molecule has 0 spiro atoms. The predicted molar refractivity (Wildman–Crippen MR) is 82.4 cm³/mol. The summed E-state index contributed by atoms with van der Waals surface area (Å²) in [5.41, 5.74) is 5.81. The molecule has 3 amide bonds. The highest BCUT2D eigenvalue weighted by Crippen LogP contribution is 2.20. The molecule has 0 bridgehead atoms. The molecule has 0 aromatic heterocycles. The summed E-state index contributed by atoms with van der Waals surface area (Å²) in [4.78, 5) is 21.9. The number of hydrogen-bond donors (Lipinski definition) is 3. The summed E-state index contributed by atoms with van der Waals surface area (Å²) in [5, 5.41) is 4.90. The van der Waals surface area contributed by atoms with Crippen LogP contribution in [0.15, 0.2) is 54.6 Å². The number of primary amides is 1. The zero-order chi connectivity index (χ0) is 15.8. The Hall–Kier alpha value is -3.02. The van der Waals surface area contributed by atoms with Crippen LogP contribution in [-0.2, 0) is 11.3 Å². The van der Waals surface area contributed by atoms with Gasteiger partial charge in [-0.25, -0.2) is 4.79 Å². The van der Waals surface area contributed by atoms with Gasteiger partial charge in [0.15, 0.2) is 0 Å². The first-order valence-electron chi connectivity index (χ1n) is 6.75. The van der Waals surface area contributed by atoms with E-state index < -0.39 is 6.03 Å². The number of rotatable bonds is 6. The Bertz CT molecular complexity index is 627. The molecule has 0 radical (unpaired) electrons. The Balaban J connectivity index is 1.82. The minimum absolute atomic E-state index is 0.134. The van der Waals surface area contributed by atoms with Gasteiger partial charge >= 0.3 is 6.03 Å². The van der Waals surface area contributed by atoms with E-state index in [9.17, 15) is 9.59 Å². The molecule has 0 aliphatic heterocycles. The molecule has 4 N–H and O–H groups in total. The zero-order valence-electron chi connectivity index (χ0n) is 11.9. The van der Waals surface area contributed by atoms with Crippen LogP contribution in [0.3, 0.4) is 0 Å². The van der Waals surface area contributed by atoms with Crippen LogP contribution in [0.25, 0.3) is 0 Å². The second-order valence-corrected chi connectivity index (χ2v) is 4.55. The van der Waals surface area contributed by atoms with Crippen molar-refractivity contribution in [2.24, 2.45) is 5.73 Å². The zero-order valence-corrected chi connectivity index (χ0v) is 11.9. The van der Waals surface area contributed by atoms with Crippen LogP contribution in [0.5, 0.6) is 11.5 Å². The quantitative estimate of drug-likeness (QED) is 0.758. The summed E-state index contributed by atoms with van der Waals surface area (Å²) < 4.78 is 5.68. The first-order valence-corrected chi connectivity index (χ1v) is 6.75. The summed E-state index contributed by atoms with van der Waals surface area (Å²) in [6.07, 6.45) is 0. The summed E-state index contributed by atoms with van der Waals surface area (Å²) in [5.74, 6) is 1.18. The van der Waals surface area contributed by atoms with Gasteiger partial charge in [-0.05, 0) is 29.8 Å². The van der Waals surface area contributed by atoms with Gasteiger partial charge < -0.3 is 21.1 Å². The highest BCUT2D eigenvalue weighted by atomic mass is 16.5. The summed E-state index contributed by atoms with van der Waals surface area (Å²) in [6.45, 7) is 0.232. The fourth-order valence-electron chi connectivity index (χ4n) is 1.73. The van der Waals surface area contributed by atoms with E-state index in [0.717, 1.165) is 17.1 Å². The minimum Gasteiger partial charge on any atom is -0.457 e. The number of carbonyl (C=O) groups is 2. The van der Waals surface area contributed by atoms with Crippen molar-refractivity contribution < 1.29 is 14.3 Å². The number of urea groups is 1. The number of benzene rings is 2. The standard InChI is InChI=1S/C16H17N3O3/c17-16(21)19-11-15(20)18-10-12-6-8-14(9-7-12)22-13-4-2-1-3-5-13/h1-9H,10-11H2,(H,18,20)(H3,17,19,21). The lowest BCUT2D eigenvalue weighted by molar-refractivity contribution is -0.120. The van der Waals surface area contributed by atoms with Crippen molar-refractivity contribution in [1.29, 1.82) is 0 Å². The lowest BCUT2D eigenvalue weighted by atomic mass is 10.2. The number of ether oxygens (including phenoxy) is 1. The summed E-state index contributed by atoms with van der Waals surface area (Å²) in [6, 6.07) is 16.1. The van der Waals surface area contributed by atoms with Crippen molar-refractivity contribution in [1.82, 2.24) is 10.6 Å². The van der Waals surface area contributed by atoms with Crippen LogP contribution in [0.2, 0.25) is 0 Å². The Labute approximate surface area is 128 Å². The molecular weight excluding hydrogens is 282 g/mol. The maximum Gasteiger partial charge on any atom is 0.312 e. The molecule has 0 unspecified atom stereocenters. The van der Waals surface area contributed by atoms with Crippen LogP contribution in [0.1, 0.15) is 5.56 Å². The van der Waals surface area contributed by atoms with Gasteiger partial charge in [0.05, 0.1) is 6.54 Å². The Morgan fingerprint density at radius 2 is 1.55 bits per heavy atom. The lowest BCUT2D eigenvalue weighted by Gasteiger charge is -2.08. The topological polar surface area (TPSA) is 93.5 Å².